The molecule has 2 N–H and O–H groups in total. The zero-order valence-corrected chi connectivity index (χ0v) is 17.9. The van der Waals surface area contributed by atoms with Crippen molar-refractivity contribution in [2.45, 2.75) is 58.4 Å². The number of nitrogens with one attached hydrogen (secondary N) is 2. The van der Waals surface area contributed by atoms with Gasteiger partial charge in [0.25, 0.3) is 0 Å². The molecule has 1 saturated carbocycles. The molecule has 1 aromatic heterocycles. The van der Waals surface area contributed by atoms with E-state index in [1.807, 2.05) is 11.8 Å². The fourth-order valence-electron chi connectivity index (χ4n) is 4.49. The molecule has 1 aromatic rings. The topological polar surface area (TPSA) is 61.8 Å². The summed E-state index contributed by atoms with van der Waals surface area (Å²) in [7, 11) is 0. The quantitative estimate of drug-likeness (QED) is 0.375. The SMILES string of the molecule is CCNC(=NCC1(CCOCC)CCCC1)NC1CCN(c2ncccc2F)C1. The summed E-state index contributed by atoms with van der Waals surface area (Å²) in [5.41, 5.74) is 0.274. The van der Waals surface area contributed by atoms with Gasteiger partial charge in [-0.25, -0.2) is 9.37 Å². The van der Waals surface area contributed by atoms with Crippen LogP contribution >= 0.6 is 0 Å². The third-order valence-electron chi connectivity index (χ3n) is 6.13. The Labute approximate surface area is 174 Å². The molecule has 7 heteroatoms. The average molecular weight is 406 g/mol. The smallest absolute Gasteiger partial charge is 0.191 e. The second kappa shape index (κ2) is 10.8. The van der Waals surface area contributed by atoms with E-state index in [0.29, 0.717) is 5.82 Å². The van der Waals surface area contributed by atoms with E-state index in [0.717, 1.165) is 58.2 Å². The Morgan fingerprint density at radius 3 is 2.93 bits per heavy atom. The van der Waals surface area contributed by atoms with Crippen molar-refractivity contribution in [2.75, 3.05) is 44.3 Å². The van der Waals surface area contributed by atoms with Gasteiger partial charge in [0.15, 0.2) is 17.6 Å². The fourth-order valence-corrected chi connectivity index (χ4v) is 4.49. The van der Waals surface area contributed by atoms with Gasteiger partial charge in [0, 0.05) is 51.6 Å². The molecular weight excluding hydrogens is 369 g/mol. The number of halogens is 1. The van der Waals surface area contributed by atoms with Crippen LogP contribution in [0, 0.1) is 11.2 Å². The number of guanidine groups is 1. The van der Waals surface area contributed by atoms with Crippen molar-refractivity contribution in [1.29, 1.82) is 0 Å². The molecular formula is C22H36FN5O. The van der Waals surface area contributed by atoms with Crippen molar-refractivity contribution in [2.24, 2.45) is 10.4 Å². The minimum absolute atomic E-state index is 0.233. The lowest BCUT2D eigenvalue weighted by Gasteiger charge is -2.28. The van der Waals surface area contributed by atoms with Gasteiger partial charge in [-0.15, -0.1) is 0 Å². The minimum atomic E-state index is -0.258. The predicted molar refractivity (Wildman–Crippen MR) is 116 cm³/mol. The van der Waals surface area contributed by atoms with Crippen molar-refractivity contribution in [3.8, 4) is 0 Å². The molecule has 0 aromatic carbocycles. The van der Waals surface area contributed by atoms with Crippen molar-refractivity contribution < 1.29 is 9.13 Å². The Hall–Kier alpha value is -1.89. The Bertz CT molecular complexity index is 662. The van der Waals surface area contributed by atoms with Gasteiger partial charge in [0.05, 0.1) is 0 Å². The number of hydrogen-bond acceptors (Lipinski definition) is 4. The fraction of sp³-hybridized carbons (Fsp3) is 0.727. The molecule has 3 rings (SSSR count). The Morgan fingerprint density at radius 1 is 1.38 bits per heavy atom. The van der Waals surface area contributed by atoms with Gasteiger partial charge in [0.2, 0.25) is 0 Å². The van der Waals surface area contributed by atoms with Crippen LogP contribution in [0.15, 0.2) is 23.3 Å². The van der Waals surface area contributed by atoms with E-state index in [4.69, 9.17) is 9.73 Å². The van der Waals surface area contributed by atoms with E-state index in [-0.39, 0.29) is 17.3 Å². The van der Waals surface area contributed by atoms with E-state index < -0.39 is 0 Å². The number of hydrogen-bond donors (Lipinski definition) is 2. The molecule has 2 aliphatic rings. The van der Waals surface area contributed by atoms with Gasteiger partial charge in [-0.1, -0.05) is 12.8 Å². The van der Waals surface area contributed by atoms with Gasteiger partial charge in [-0.2, -0.15) is 0 Å². The van der Waals surface area contributed by atoms with Crippen molar-refractivity contribution >= 4 is 11.8 Å². The predicted octanol–water partition coefficient (Wildman–Crippen LogP) is 3.34. The summed E-state index contributed by atoms with van der Waals surface area (Å²) in [6, 6.07) is 3.33. The third kappa shape index (κ3) is 6.04. The van der Waals surface area contributed by atoms with Crippen LogP contribution in [0.25, 0.3) is 0 Å². The average Bonchev–Trinajstić information content (AvgIpc) is 3.37. The maximum Gasteiger partial charge on any atom is 0.191 e. The lowest BCUT2D eigenvalue weighted by Crippen LogP contribution is -2.45. The molecule has 1 aliphatic carbocycles. The van der Waals surface area contributed by atoms with Crippen molar-refractivity contribution in [3.63, 3.8) is 0 Å². The Morgan fingerprint density at radius 2 is 2.21 bits per heavy atom. The number of aromatic nitrogens is 1. The molecule has 0 radical (unpaired) electrons. The van der Waals surface area contributed by atoms with Crippen LogP contribution < -0.4 is 15.5 Å². The highest BCUT2D eigenvalue weighted by atomic mass is 19.1. The lowest BCUT2D eigenvalue weighted by molar-refractivity contribution is 0.107. The van der Waals surface area contributed by atoms with E-state index in [2.05, 4.69) is 22.5 Å². The van der Waals surface area contributed by atoms with Gasteiger partial charge in [-0.05, 0) is 57.1 Å². The summed E-state index contributed by atoms with van der Waals surface area (Å²) in [6.45, 7) is 8.92. The van der Waals surface area contributed by atoms with E-state index in [1.165, 1.54) is 31.7 Å². The zero-order chi connectivity index (χ0) is 20.5. The number of ether oxygens (including phenoxy) is 1. The van der Waals surface area contributed by atoms with Gasteiger partial charge < -0.3 is 20.3 Å². The van der Waals surface area contributed by atoms with Crippen LogP contribution in [0.5, 0.6) is 0 Å². The van der Waals surface area contributed by atoms with Crippen LogP contribution in [0.3, 0.4) is 0 Å². The molecule has 1 atom stereocenters. The first kappa shape index (κ1) is 21.8. The Balaban J connectivity index is 1.58. The molecule has 0 bridgehead atoms. The summed E-state index contributed by atoms with van der Waals surface area (Å²) in [6.07, 6.45) is 8.72. The number of anilines is 1. The third-order valence-corrected chi connectivity index (χ3v) is 6.13. The molecule has 1 unspecified atom stereocenters. The summed E-state index contributed by atoms with van der Waals surface area (Å²) in [4.78, 5) is 11.2. The first-order valence-corrected chi connectivity index (χ1v) is 11.1. The first-order valence-electron chi connectivity index (χ1n) is 11.1. The molecule has 6 nitrogen and oxygen atoms in total. The van der Waals surface area contributed by atoms with Gasteiger partial charge in [-0.3, -0.25) is 4.99 Å². The highest BCUT2D eigenvalue weighted by Crippen LogP contribution is 2.41. The largest absolute Gasteiger partial charge is 0.382 e. The van der Waals surface area contributed by atoms with Crippen LogP contribution in [0.1, 0.15) is 52.4 Å². The standard InChI is InChI=1S/C22H36FN5O/c1-3-24-21(26-17-22(10-5-6-11-22)12-15-29-4-2)27-18-9-14-28(16-18)20-19(23)8-7-13-25-20/h7-8,13,18H,3-6,9-12,14-17H2,1-2H3,(H2,24,26,27). The van der Waals surface area contributed by atoms with Crippen LogP contribution in [-0.2, 0) is 4.74 Å². The molecule has 0 spiro atoms. The van der Waals surface area contributed by atoms with Gasteiger partial charge >= 0.3 is 0 Å². The second-order valence-corrected chi connectivity index (χ2v) is 8.23. The number of rotatable bonds is 9. The Kier molecular flexibility index (Phi) is 8.09. The molecule has 0 amide bonds. The molecule has 2 fully saturated rings. The van der Waals surface area contributed by atoms with Crippen molar-refractivity contribution in [1.82, 2.24) is 15.6 Å². The maximum atomic E-state index is 14.0. The molecule has 162 valence electrons. The number of pyridine rings is 1. The second-order valence-electron chi connectivity index (χ2n) is 8.23. The minimum Gasteiger partial charge on any atom is -0.382 e. The number of aliphatic imine (C=N–C) groups is 1. The highest BCUT2D eigenvalue weighted by Gasteiger charge is 2.33. The first-order chi connectivity index (χ1) is 14.2. The normalized spacial score (nSPS) is 21.6. The maximum absolute atomic E-state index is 14.0. The van der Waals surface area contributed by atoms with Gasteiger partial charge in [0.1, 0.15) is 0 Å². The summed E-state index contributed by atoms with van der Waals surface area (Å²) in [5.74, 6) is 1.05. The number of nitrogens with zero attached hydrogens (tertiary/aromatic N) is 3. The zero-order valence-electron chi connectivity index (χ0n) is 17.9. The van der Waals surface area contributed by atoms with Crippen molar-refractivity contribution in [3.05, 3.63) is 24.1 Å². The van der Waals surface area contributed by atoms with E-state index in [9.17, 15) is 4.39 Å². The summed E-state index contributed by atoms with van der Waals surface area (Å²) >= 11 is 0. The monoisotopic (exact) mass is 405 g/mol. The molecule has 2 heterocycles. The molecule has 29 heavy (non-hydrogen) atoms. The summed E-state index contributed by atoms with van der Waals surface area (Å²) < 4.78 is 19.7. The van der Waals surface area contributed by atoms with Crippen LogP contribution in [0.2, 0.25) is 0 Å². The summed E-state index contributed by atoms with van der Waals surface area (Å²) in [5, 5.41) is 6.94. The lowest BCUT2D eigenvalue weighted by atomic mass is 9.83. The molecule has 1 aliphatic heterocycles. The van der Waals surface area contributed by atoms with E-state index in [1.54, 1.807) is 12.3 Å². The van der Waals surface area contributed by atoms with Crippen LogP contribution in [-0.4, -0.2) is 56.4 Å². The van der Waals surface area contributed by atoms with Crippen LogP contribution in [0.4, 0.5) is 10.2 Å². The molecule has 1 saturated heterocycles. The highest BCUT2D eigenvalue weighted by molar-refractivity contribution is 5.80. The van der Waals surface area contributed by atoms with E-state index >= 15 is 0 Å².